The number of aromatic nitrogens is 1. The molecule has 0 aliphatic heterocycles. The van der Waals surface area contributed by atoms with Crippen molar-refractivity contribution >= 4 is 5.91 Å². The maximum absolute atomic E-state index is 12.4. The molecule has 0 fully saturated rings. The van der Waals surface area contributed by atoms with Crippen LogP contribution in [0.5, 0.6) is 0 Å². The van der Waals surface area contributed by atoms with Crippen molar-refractivity contribution in [3.05, 3.63) is 22.5 Å². The lowest BCUT2D eigenvalue weighted by Gasteiger charge is -2.14. The minimum Gasteiger partial charge on any atom is -0.348 e. The predicted octanol–water partition coefficient (Wildman–Crippen LogP) is 3.22. The molecule has 0 aromatic carbocycles. The van der Waals surface area contributed by atoms with Gasteiger partial charge in [0.2, 0.25) is 0 Å². The van der Waals surface area contributed by atoms with Crippen molar-refractivity contribution in [3.8, 4) is 0 Å². The molecule has 0 aliphatic carbocycles. The van der Waals surface area contributed by atoms with Gasteiger partial charge in [0.05, 0.1) is 0 Å². The van der Waals surface area contributed by atoms with Crippen LogP contribution in [-0.2, 0) is 13.0 Å². The van der Waals surface area contributed by atoms with E-state index in [0.29, 0.717) is 0 Å². The van der Waals surface area contributed by atoms with Gasteiger partial charge in [-0.25, -0.2) is 0 Å². The molecule has 3 nitrogen and oxygen atoms in total. The third kappa shape index (κ3) is 2.60. The smallest absolute Gasteiger partial charge is 0.268 e. The molecule has 0 saturated carbocycles. The minimum atomic E-state index is 0.0616. The van der Waals surface area contributed by atoms with Crippen LogP contribution in [-0.4, -0.2) is 16.5 Å². The van der Waals surface area contributed by atoms with E-state index >= 15 is 0 Å². The van der Waals surface area contributed by atoms with Gasteiger partial charge < -0.3 is 9.88 Å². The van der Waals surface area contributed by atoms with Gasteiger partial charge in [-0.15, -0.1) is 0 Å². The first-order valence-corrected chi connectivity index (χ1v) is 6.97. The Morgan fingerprint density at radius 1 is 1.28 bits per heavy atom. The zero-order valence-electron chi connectivity index (χ0n) is 12.6. The van der Waals surface area contributed by atoms with Gasteiger partial charge in [-0.1, -0.05) is 13.8 Å². The Morgan fingerprint density at radius 2 is 1.89 bits per heavy atom. The Morgan fingerprint density at radius 3 is 2.33 bits per heavy atom. The second-order valence-electron chi connectivity index (χ2n) is 4.92. The van der Waals surface area contributed by atoms with E-state index in [2.05, 4.69) is 44.5 Å². The third-order valence-electron chi connectivity index (χ3n) is 3.79. The van der Waals surface area contributed by atoms with E-state index in [4.69, 9.17) is 0 Å². The monoisotopic (exact) mass is 250 g/mol. The SMILES string of the molecule is CCc1c(C)c(C(=O)N[C@@H](C)CC)n(CC)c1C. The summed E-state index contributed by atoms with van der Waals surface area (Å²) in [5.74, 6) is 0.0616. The van der Waals surface area contributed by atoms with E-state index in [1.54, 1.807) is 0 Å². The molecule has 0 aliphatic rings. The molecule has 1 N–H and O–H groups in total. The highest BCUT2D eigenvalue weighted by atomic mass is 16.2. The first kappa shape index (κ1) is 14.8. The number of carbonyl (C=O) groups is 1. The fraction of sp³-hybridized carbons (Fsp3) is 0.667. The first-order chi connectivity index (χ1) is 8.47. The summed E-state index contributed by atoms with van der Waals surface area (Å²) >= 11 is 0. The number of nitrogens with one attached hydrogen (secondary N) is 1. The van der Waals surface area contributed by atoms with Gasteiger partial charge >= 0.3 is 0 Å². The molecule has 102 valence electrons. The van der Waals surface area contributed by atoms with Crippen LogP contribution in [0.25, 0.3) is 0 Å². The van der Waals surface area contributed by atoms with Crippen molar-refractivity contribution in [2.75, 3.05) is 0 Å². The Kier molecular flexibility index (Phi) is 5.00. The van der Waals surface area contributed by atoms with Crippen LogP contribution < -0.4 is 5.32 Å². The van der Waals surface area contributed by atoms with Crippen molar-refractivity contribution in [3.63, 3.8) is 0 Å². The van der Waals surface area contributed by atoms with Crippen LogP contribution in [0.2, 0.25) is 0 Å². The molecule has 1 aromatic rings. The highest BCUT2D eigenvalue weighted by molar-refractivity contribution is 5.95. The number of carbonyl (C=O) groups excluding carboxylic acids is 1. The molecule has 0 unspecified atom stereocenters. The highest BCUT2D eigenvalue weighted by Gasteiger charge is 2.21. The summed E-state index contributed by atoms with van der Waals surface area (Å²) in [5.41, 5.74) is 4.52. The van der Waals surface area contributed by atoms with Crippen LogP contribution >= 0.6 is 0 Å². The Bertz CT molecular complexity index is 432. The van der Waals surface area contributed by atoms with Gasteiger partial charge in [-0.3, -0.25) is 4.79 Å². The lowest BCUT2D eigenvalue weighted by Crippen LogP contribution is -2.33. The molecule has 1 amide bonds. The first-order valence-electron chi connectivity index (χ1n) is 6.97. The summed E-state index contributed by atoms with van der Waals surface area (Å²) in [5, 5.41) is 3.07. The Labute approximate surface area is 111 Å². The number of hydrogen-bond acceptors (Lipinski definition) is 1. The second kappa shape index (κ2) is 6.07. The molecule has 1 heterocycles. The molecule has 0 spiro atoms. The molecule has 18 heavy (non-hydrogen) atoms. The zero-order chi connectivity index (χ0) is 13.9. The molecule has 1 atom stereocenters. The number of nitrogens with zero attached hydrogens (tertiary/aromatic N) is 1. The van der Waals surface area contributed by atoms with Crippen molar-refractivity contribution in [1.29, 1.82) is 0 Å². The van der Waals surface area contributed by atoms with Crippen LogP contribution in [0.1, 0.15) is 61.4 Å². The normalized spacial score (nSPS) is 12.6. The van der Waals surface area contributed by atoms with Gasteiger partial charge in [0.25, 0.3) is 5.91 Å². The summed E-state index contributed by atoms with van der Waals surface area (Å²) in [7, 11) is 0. The summed E-state index contributed by atoms with van der Waals surface area (Å²) in [6.45, 7) is 13.4. The Balaban J connectivity index is 3.19. The maximum atomic E-state index is 12.4. The zero-order valence-corrected chi connectivity index (χ0v) is 12.6. The van der Waals surface area contributed by atoms with Gasteiger partial charge in [0, 0.05) is 18.3 Å². The number of hydrogen-bond donors (Lipinski definition) is 1. The van der Waals surface area contributed by atoms with E-state index in [9.17, 15) is 4.79 Å². The van der Waals surface area contributed by atoms with E-state index in [0.717, 1.165) is 30.6 Å². The fourth-order valence-corrected chi connectivity index (χ4v) is 2.55. The van der Waals surface area contributed by atoms with Crippen molar-refractivity contribution in [1.82, 2.24) is 9.88 Å². The predicted molar refractivity (Wildman–Crippen MR) is 76.2 cm³/mol. The van der Waals surface area contributed by atoms with Crippen LogP contribution in [0.15, 0.2) is 0 Å². The lowest BCUT2D eigenvalue weighted by atomic mass is 10.1. The number of amides is 1. The van der Waals surface area contributed by atoms with Crippen molar-refractivity contribution in [2.24, 2.45) is 0 Å². The maximum Gasteiger partial charge on any atom is 0.268 e. The molecule has 0 saturated heterocycles. The largest absolute Gasteiger partial charge is 0.348 e. The van der Waals surface area contributed by atoms with Crippen LogP contribution in [0.4, 0.5) is 0 Å². The quantitative estimate of drug-likeness (QED) is 0.855. The summed E-state index contributed by atoms with van der Waals surface area (Å²) in [6, 6.07) is 0.225. The topological polar surface area (TPSA) is 34.0 Å². The molecule has 3 heteroatoms. The molecule has 0 bridgehead atoms. The van der Waals surface area contributed by atoms with Gasteiger partial charge in [0.15, 0.2) is 0 Å². The summed E-state index contributed by atoms with van der Waals surface area (Å²) in [4.78, 5) is 12.4. The van der Waals surface area contributed by atoms with Gasteiger partial charge in [0.1, 0.15) is 5.69 Å². The minimum absolute atomic E-state index is 0.0616. The molecule has 1 rings (SSSR count). The van der Waals surface area contributed by atoms with Gasteiger partial charge in [-0.2, -0.15) is 0 Å². The summed E-state index contributed by atoms with van der Waals surface area (Å²) in [6.07, 6.45) is 1.94. The molecule has 0 radical (unpaired) electrons. The molecular formula is C15H26N2O. The van der Waals surface area contributed by atoms with E-state index < -0.39 is 0 Å². The standard InChI is InChI=1S/C15H26N2O/c1-7-10(4)16-15(18)14-11(5)13(8-2)12(6)17(14)9-3/h10H,7-9H2,1-6H3,(H,16,18)/t10-/m0/s1. The molecular weight excluding hydrogens is 224 g/mol. The number of rotatable bonds is 5. The van der Waals surface area contributed by atoms with Crippen molar-refractivity contribution < 1.29 is 4.79 Å². The second-order valence-corrected chi connectivity index (χ2v) is 4.92. The average molecular weight is 250 g/mol. The van der Waals surface area contributed by atoms with Crippen LogP contribution in [0.3, 0.4) is 0 Å². The van der Waals surface area contributed by atoms with Crippen molar-refractivity contribution in [2.45, 2.75) is 67.0 Å². The van der Waals surface area contributed by atoms with E-state index in [1.165, 1.54) is 11.3 Å². The van der Waals surface area contributed by atoms with Gasteiger partial charge in [-0.05, 0) is 51.7 Å². The highest BCUT2D eigenvalue weighted by Crippen LogP contribution is 2.22. The third-order valence-corrected chi connectivity index (χ3v) is 3.79. The Hall–Kier alpha value is -1.25. The summed E-state index contributed by atoms with van der Waals surface area (Å²) < 4.78 is 2.13. The average Bonchev–Trinajstić information content (AvgIpc) is 2.59. The lowest BCUT2D eigenvalue weighted by molar-refractivity contribution is 0.0929. The fourth-order valence-electron chi connectivity index (χ4n) is 2.55. The van der Waals surface area contributed by atoms with E-state index in [1.807, 2.05) is 6.92 Å². The van der Waals surface area contributed by atoms with Crippen LogP contribution in [0, 0.1) is 13.8 Å². The molecule has 1 aromatic heterocycles. The van der Waals surface area contributed by atoms with E-state index in [-0.39, 0.29) is 11.9 Å².